The van der Waals surface area contributed by atoms with Crippen LogP contribution in [0.4, 0.5) is 0 Å². The second kappa shape index (κ2) is 15.2. The van der Waals surface area contributed by atoms with Gasteiger partial charge in [-0.1, -0.05) is 24.3 Å². The van der Waals surface area contributed by atoms with Gasteiger partial charge in [0, 0.05) is 12.2 Å². The molecule has 0 saturated carbocycles. The molecule has 1 aromatic rings. The summed E-state index contributed by atoms with van der Waals surface area (Å²) in [6, 6.07) is 3.84. The molecule has 2 atom stereocenters. The van der Waals surface area contributed by atoms with E-state index in [4.69, 9.17) is 15.6 Å². The van der Waals surface area contributed by atoms with Crippen molar-refractivity contribution in [3.8, 4) is 0 Å². The van der Waals surface area contributed by atoms with Gasteiger partial charge in [0.2, 0.25) is 11.7 Å². The third-order valence-corrected chi connectivity index (χ3v) is 5.33. The molecule has 0 fully saturated rings. The lowest BCUT2D eigenvalue weighted by molar-refractivity contribution is -0.763. The van der Waals surface area contributed by atoms with E-state index in [1.807, 2.05) is 0 Å². The minimum Gasteiger partial charge on any atom is -0.480 e. The van der Waals surface area contributed by atoms with E-state index in [1.165, 1.54) is 0 Å². The van der Waals surface area contributed by atoms with Gasteiger partial charge < -0.3 is 30.5 Å². The first-order valence-electron chi connectivity index (χ1n) is 10.0. The van der Waals surface area contributed by atoms with Crippen LogP contribution in [-0.2, 0) is 51.5 Å². The van der Waals surface area contributed by atoms with Crippen LogP contribution < -0.4 is 11.1 Å². The third kappa shape index (κ3) is 11.8. The molecule has 14 nitrogen and oxygen atoms in total. The van der Waals surface area contributed by atoms with Gasteiger partial charge in [-0.15, -0.1) is 10.1 Å². The number of ketones is 1. The number of carbonyl (C=O) groups is 5. The number of Topliss-reactive ketones (excluding diaryl/α,β-unsaturated/α-hetero) is 1. The zero-order valence-corrected chi connectivity index (χ0v) is 19.5. The highest BCUT2D eigenvalue weighted by molar-refractivity contribution is 8.00. The Morgan fingerprint density at radius 3 is 2.29 bits per heavy atom. The maximum Gasteiger partial charge on any atom is 0.375 e. The summed E-state index contributed by atoms with van der Waals surface area (Å²) in [6.07, 6.45) is -0.372. The maximum atomic E-state index is 12.0. The molecule has 0 heterocycles. The lowest BCUT2D eigenvalue weighted by atomic mass is 10.1. The molecule has 1 amide bonds. The van der Waals surface area contributed by atoms with Gasteiger partial charge in [-0.3, -0.25) is 14.4 Å². The Bertz CT molecular complexity index is 923. The molecule has 0 aliphatic heterocycles. The fourth-order valence-corrected chi connectivity index (χ4v) is 3.28. The van der Waals surface area contributed by atoms with E-state index < -0.39 is 46.8 Å². The number of carbonyl (C=O) groups excluding carboxylic acids is 4. The van der Waals surface area contributed by atoms with Crippen molar-refractivity contribution >= 4 is 41.4 Å². The van der Waals surface area contributed by atoms with E-state index in [0.717, 1.165) is 18.9 Å². The minimum absolute atomic E-state index is 0.0872. The van der Waals surface area contributed by atoms with Gasteiger partial charge in [-0.2, -0.15) is 11.8 Å². The van der Waals surface area contributed by atoms with Crippen LogP contribution >= 0.6 is 11.8 Å². The summed E-state index contributed by atoms with van der Waals surface area (Å²) in [4.78, 5) is 72.9. The summed E-state index contributed by atoms with van der Waals surface area (Å²) in [6.45, 7) is -0.434. The molecule has 0 aliphatic carbocycles. The molecule has 35 heavy (non-hydrogen) atoms. The van der Waals surface area contributed by atoms with Gasteiger partial charge >= 0.3 is 17.9 Å². The normalized spacial score (nSPS) is 12.1. The molecule has 15 heteroatoms. The van der Waals surface area contributed by atoms with Crippen LogP contribution in [0.25, 0.3) is 0 Å². The van der Waals surface area contributed by atoms with Gasteiger partial charge in [-0.25, -0.2) is 9.59 Å². The number of nitrogens with two attached hydrogens (primary N) is 1. The lowest BCUT2D eigenvalue weighted by Gasteiger charge is -2.16. The number of hydrogen-bond acceptors (Lipinski definition) is 12. The summed E-state index contributed by atoms with van der Waals surface area (Å²) in [5.74, 6) is -5.05. The molecule has 0 spiro atoms. The fraction of sp³-hybridized carbons (Fsp3) is 0.450. The summed E-state index contributed by atoms with van der Waals surface area (Å²) < 4.78 is 9.53. The smallest absolute Gasteiger partial charge is 0.375 e. The maximum absolute atomic E-state index is 12.0. The van der Waals surface area contributed by atoms with Crippen molar-refractivity contribution in [1.82, 2.24) is 5.32 Å². The van der Waals surface area contributed by atoms with E-state index in [0.29, 0.717) is 11.1 Å². The molecule has 0 aliphatic rings. The number of methoxy groups -OCH3 is 1. The number of nitrogens with one attached hydrogen (secondary N) is 1. The summed E-state index contributed by atoms with van der Waals surface area (Å²) in [5.41, 5.74) is 6.40. The van der Waals surface area contributed by atoms with E-state index in [9.17, 15) is 34.1 Å². The SMILES string of the molecule is COC(=O)[C@H](CSCC(=O)C(=O)OCc1ccc(CO[N+](=O)[O-])cc1)NC(=O)CC[C@H](N)C(=O)O. The van der Waals surface area contributed by atoms with Gasteiger partial charge in [0.15, 0.2) is 0 Å². The second-order valence-corrected chi connectivity index (χ2v) is 7.98. The number of benzene rings is 1. The molecule has 1 rings (SSSR count). The third-order valence-electron chi connectivity index (χ3n) is 4.30. The number of hydrogen-bond donors (Lipinski definition) is 3. The molecule has 0 aromatic heterocycles. The first kappa shape index (κ1) is 29.3. The van der Waals surface area contributed by atoms with Crippen LogP contribution in [0, 0.1) is 10.1 Å². The quantitative estimate of drug-likeness (QED) is 0.111. The Kier molecular flexibility index (Phi) is 12.8. The molecular formula is C20H25N3O11S. The fourth-order valence-electron chi connectivity index (χ4n) is 2.40. The predicted octanol–water partition coefficient (Wildman–Crippen LogP) is -0.410. The number of rotatable bonds is 16. The first-order chi connectivity index (χ1) is 16.5. The molecule has 0 radical (unpaired) electrons. The van der Waals surface area contributed by atoms with Crippen LogP contribution in [0.2, 0.25) is 0 Å². The van der Waals surface area contributed by atoms with Gasteiger partial charge in [0.1, 0.15) is 25.3 Å². The minimum atomic E-state index is -1.26. The highest BCUT2D eigenvalue weighted by atomic mass is 32.2. The Balaban J connectivity index is 2.44. The Morgan fingerprint density at radius 2 is 1.74 bits per heavy atom. The monoisotopic (exact) mass is 515 g/mol. The van der Waals surface area contributed by atoms with Crippen molar-refractivity contribution in [2.75, 3.05) is 18.6 Å². The number of aliphatic carboxylic acids is 1. The Morgan fingerprint density at radius 1 is 1.14 bits per heavy atom. The van der Waals surface area contributed by atoms with Gasteiger partial charge in [0.25, 0.3) is 5.09 Å². The highest BCUT2D eigenvalue weighted by Gasteiger charge is 2.24. The summed E-state index contributed by atoms with van der Waals surface area (Å²) in [7, 11) is 1.11. The van der Waals surface area contributed by atoms with Crippen molar-refractivity contribution in [3.05, 3.63) is 45.5 Å². The van der Waals surface area contributed by atoms with Crippen molar-refractivity contribution in [3.63, 3.8) is 0 Å². The second-order valence-electron chi connectivity index (χ2n) is 6.95. The number of carboxylic acids is 1. The largest absolute Gasteiger partial charge is 0.480 e. The van der Waals surface area contributed by atoms with Crippen LogP contribution in [0.15, 0.2) is 24.3 Å². The van der Waals surface area contributed by atoms with E-state index >= 15 is 0 Å². The van der Waals surface area contributed by atoms with E-state index in [2.05, 4.69) is 14.9 Å². The summed E-state index contributed by atoms with van der Waals surface area (Å²) >= 11 is 0.891. The van der Waals surface area contributed by atoms with Crippen molar-refractivity contribution in [2.45, 2.75) is 38.1 Å². The van der Waals surface area contributed by atoms with Crippen LogP contribution in [0.3, 0.4) is 0 Å². The zero-order valence-electron chi connectivity index (χ0n) is 18.7. The lowest BCUT2D eigenvalue weighted by Crippen LogP contribution is -2.44. The molecule has 0 saturated heterocycles. The Labute approximate surface area is 203 Å². The first-order valence-corrected chi connectivity index (χ1v) is 11.2. The van der Waals surface area contributed by atoms with E-state index in [1.54, 1.807) is 24.3 Å². The zero-order chi connectivity index (χ0) is 26.4. The number of carboxylic acid groups (broad SMARTS) is 1. The van der Waals surface area contributed by atoms with Crippen molar-refractivity contribution < 1.29 is 48.5 Å². The number of amides is 1. The average molecular weight is 515 g/mol. The average Bonchev–Trinajstić information content (AvgIpc) is 2.83. The molecule has 192 valence electrons. The highest BCUT2D eigenvalue weighted by Crippen LogP contribution is 2.09. The van der Waals surface area contributed by atoms with Crippen molar-refractivity contribution in [2.24, 2.45) is 5.73 Å². The van der Waals surface area contributed by atoms with Crippen LogP contribution in [-0.4, -0.2) is 70.5 Å². The number of thioether (sulfide) groups is 1. The number of ether oxygens (including phenoxy) is 2. The number of nitrogens with zero attached hydrogens (tertiary/aromatic N) is 1. The topological polar surface area (TPSA) is 214 Å². The predicted molar refractivity (Wildman–Crippen MR) is 119 cm³/mol. The standard InChI is InChI=1S/C20H25N3O11S/c1-32-19(28)15(22-17(25)7-6-14(21)18(26)27)10-35-11-16(24)20(29)33-8-12-2-4-13(5-3-12)9-34-23(30)31/h2-5,14-15H,6-11,21H2,1H3,(H,22,25)(H,26,27)/t14-,15-/m0/s1. The van der Waals surface area contributed by atoms with Crippen LogP contribution in [0.5, 0.6) is 0 Å². The molecule has 0 unspecified atom stereocenters. The molecule has 1 aromatic carbocycles. The van der Waals surface area contributed by atoms with Gasteiger partial charge in [0.05, 0.1) is 12.9 Å². The molecule has 0 bridgehead atoms. The van der Waals surface area contributed by atoms with Gasteiger partial charge in [-0.05, 0) is 17.5 Å². The Hall–Kier alpha value is -3.72. The van der Waals surface area contributed by atoms with Crippen molar-refractivity contribution in [1.29, 1.82) is 0 Å². The van der Waals surface area contributed by atoms with Crippen LogP contribution in [0.1, 0.15) is 24.0 Å². The molecular weight excluding hydrogens is 490 g/mol. The van der Waals surface area contributed by atoms with E-state index in [-0.39, 0.29) is 37.6 Å². The summed E-state index contributed by atoms with van der Waals surface area (Å²) in [5, 5.41) is 20.4. The number of esters is 2. The molecule has 4 N–H and O–H groups in total.